The van der Waals surface area contributed by atoms with Gasteiger partial charge in [0.1, 0.15) is 18.1 Å². The molecule has 1 aliphatic heterocycles. The second-order valence-corrected chi connectivity index (χ2v) is 13.7. The minimum atomic E-state index is -0.462. The largest absolute Gasteiger partial charge is 0.455 e. The first kappa shape index (κ1) is 32.4. The summed E-state index contributed by atoms with van der Waals surface area (Å²) in [5.74, 6) is 2.07. The molecule has 4 aromatic rings. The van der Waals surface area contributed by atoms with Crippen LogP contribution < -0.4 is 20.7 Å². The number of urea groups is 1. The summed E-state index contributed by atoms with van der Waals surface area (Å²) in [5.41, 5.74) is 4.42. The third-order valence-corrected chi connectivity index (χ3v) is 10.3. The van der Waals surface area contributed by atoms with Gasteiger partial charge in [-0.05, 0) is 85.9 Å². The zero-order valence-electron chi connectivity index (χ0n) is 26.8. The van der Waals surface area contributed by atoms with Crippen molar-refractivity contribution in [3.8, 4) is 22.1 Å². The van der Waals surface area contributed by atoms with Gasteiger partial charge in [-0.15, -0.1) is 11.3 Å². The van der Waals surface area contributed by atoms with E-state index in [0.29, 0.717) is 42.1 Å². The van der Waals surface area contributed by atoms with Crippen LogP contribution in [0.25, 0.3) is 20.8 Å². The first-order chi connectivity index (χ1) is 22.6. The number of anilines is 1. The Labute approximate surface area is 277 Å². The summed E-state index contributed by atoms with van der Waals surface area (Å²) >= 11 is 1.59. The van der Waals surface area contributed by atoms with E-state index in [0.717, 1.165) is 52.0 Å². The van der Waals surface area contributed by atoms with Gasteiger partial charge in [0.15, 0.2) is 0 Å². The lowest BCUT2D eigenvalue weighted by atomic mass is 9.75. The Balaban J connectivity index is 1.07. The number of aliphatic hydroxyl groups excluding tert-OH is 1. The van der Waals surface area contributed by atoms with Crippen LogP contribution in [0.15, 0.2) is 54.9 Å². The summed E-state index contributed by atoms with van der Waals surface area (Å²) in [4.78, 5) is 47.4. The molecule has 3 atom stereocenters. The molecule has 12 heteroatoms. The number of amides is 4. The van der Waals surface area contributed by atoms with E-state index >= 15 is 0 Å². The SMILES string of the molecule is CC(=O)N1CC(NC(=O)Nc2ccc(Oc3ccnc4cc(-c5ccc(CC6CCC(NC(=O)CO)CC6C)cn5)sc34)c(C)c2)C1. The van der Waals surface area contributed by atoms with E-state index in [-0.39, 0.29) is 29.9 Å². The van der Waals surface area contributed by atoms with Crippen molar-refractivity contribution < 1.29 is 24.2 Å². The predicted molar refractivity (Wildman–Crippen MR) is 182 cm³/mol. The molecular weight excluding hydrogens is 616 g/mol. The average Bonchev–Trinajstić information content (AvgIpc) is 3.47. The van der Waals surface area contributed by atoms with Gasteiger partial charge in [0.25, 0.3) is 0 Å². The average molecular weight is 657 g/mol. The third-order valence-electron chi connectivity index (χ3n) is 9.12. The third kappa shape index (κ3) is 7.71. The number of hydrogen-bond acceptors (Lipinski definition) is 8. The molecule has 11 nitrogen and oxygen atoms in total. The number of aryl methyl sites for hydroxylation is 1. The number of nitrogens with one attached hydrogen (secondary N) is 3. The highest BCUT2D eigenvalue weighted by Crippen LogP contribution is 2.40. The fourth-order valence-corrected chi connectivity index (χ4v) is 7.46. The summed E-state index contributed by atoms with van der Waals surface area (Å²) in [6.07, 6.45) is 7.51. The van der Waals surface area contributed by atoms with Gasteiger partial charge in [0.2, 0.25) is 11.8 Å². The minimum Gasteiger partial charge on any atom is -0.455 e. The van der Waals surface area contributed by atoms with E-state index < -0.39 is 6.61 Å². The smallest absolute Gasteiger partial charge is 0.319 e. The number of benzene rings is 1. The Morgan fingerprint density at radius 1 is 1.02 bits per heavy atom. The number of pyridine rings is 2. The van der Waals surface area contributed by atoms with E-state index in [1.54, 1.807) is 28.5 Å². The summed E-state index contributed by atoms with van der Waals surface area (Å²) in [7, 11) is 0. The Morgan fingerprint density at radius 3 is 2.55 bits per heavy atom. The van der Waals surface area contributed by atoms with Crippen molar-refractivity contribution in [2.24, 2.45) is 11.8 Å². The Morgan fingerprint density at radius 2 is 1.85 bits per heavy atom. The predicted octanol–water partition coefficient (Wildman–Crippen LogP) is 5.27. The molecule has 4 amide bonds. The molecule has 3 unspecified atom stereocenters. The van der Waals surface area contributed by atoms with E-state index in [1.165, 1.54) is 12.5 Å². The van der Waals surface area contributed by atoms with Crippen molar-refractivity contribution in [2.75, 3.05) is 25.0 Å². The lowest BCUT2D eigenvalue weighted by Gasteiger charge is -2.38. The molecular formula is C35H40N6O5S. The number of carbonyl (C=O) groups excluding carboxylic acids is 3. The van der Waals surface area contributed by atoms with E-state index in [4.69, 9.17) is 14.8 Å². The van der Waals surface area contributed by atoms with Gasteiger partial charge in [-0.25, -0.2) is 4.79 Å². The summed E-state index contributed by atoms with van der Waals surface area (Å²) in [5, 5.41) is 17.7. The molecule has 4 N–H and O–H groups in total. The number of likely N-dealkylation sites (tertiary alicyclic amines) is 1. The topological polar surface area (TPSA) is 146 Å². The standard InChI is InChI=1S/C35H40N6O5S/c1-20-12-25(38-33(44)19-42)6-5-24(20)14-23-4-8-28(37-16-23)32-15-29-34(47-32)31(10-11-36-29)46-30-9-7-26(13-21(30)2)39-35(45)40-27-17-41(18-27)22(3)43/h4,7-11,13,15-16,20,24-25,27,42H,5-6,12,14,17-19H2,1-3H3,(H,38,44)(H2,39,40,45). The maximum absolute atomic E-state index is 12.4. The van der Waals surface area contributed by atoms with Gasteiger partial charge in [-0.1, -0.05) is 13.0 Å². The Bertz CT molecular complexity index is 1770. The van der Waals surface area contributed by atoms with Crippen LogP contribution in [0.1, 0.15) is 44.2 Å². The van der Waals surface area contributed by atoms with E-state index in [2.05, 4.69) is 40.0 Å². The van der Waals surface area contributed by atoms with Gasteiger partial charge in [-0.2, -0.15) is 0 Å². The quantitative estimate of drug-likeness (QED) is 0.192. The van der Waals surface area contributed by atoms with Crippen molar-refractivity contribution in [3.63, 3.8) is 0 Å². The zero-order chi connectivity index (χ0) is 33.1. The molecule has 1 saturated carbocycles. The van der Waals surface area contributed by atoms with Gasteiger partial charge in [-0.3, -0.25) is 19.6 Å². The number of ether oxygens (including phenoxy) is 1. The van der Waals surface area contributed by atoms with Crippen LogP contribution in [0, 0.1) is 18.8 Å². The van der Waals surface area contributed by atoms with Crippen molar-refractivity contribution in [2.45, 2.75) is 58.5 Å². The van der Waals surface area contributed by atoms with Crippen LogP contribution in [0.3, 0.4) is 0 Å². The molecule has 47 heavy (non-hydrogen) atoms. The summed E-state index contributed by atoms with van der Waals surface area (Å²) in [6.45, 7) is 6.28. The van der Waals surface area contributed by atoms with E-state index in [1.807, 2.05) is 37.4 Å². The van der Waals surface area contributed by atoms with Crippen LogP contribution in [-0.4, -0.2) is 69.6 Å². The number of fused-ring (bicyclic) bond motifs is 1. The monoisotopic (exact) mass is 656 g/mol. The minimum absolute atomic E-state index is 0.0104. The van der Waals surface area contributed by atoms with Crippen molar-refractivity contribution in [1.82, 2.24) is 25.5 Å². The highest BCUT2D eigenvalue weighted by atomic mass is 32.1. The molecule has 4 heterocycles. The maximum Gasteiger partial charge on any atom is 0.319 e. The first-order valence-electron chi connectivity index (χ1n) is 16.0. The van der Waals surface area contributed by atoms with Gasteiger partial charge in [0.05, 0.1) is 26.8 Å². The maximum atomic E-state index is 12.4. The number of aromatic nitrogens is 2. The number of thiophene rings is 1. The zero-order valence-corrected chi connectivity index (χ0v) is 27.6. The Hall–Kier alpha value is -4.55. The van der Waals surface area contributed by atoms with Crippen LogP contribution >= 0.6 is 11.3 Å². The van der Waals surface area contributed by atoms with Crippen molar-refractivity contribution >= 4 is 45.1 Å². The molecule has 1 aromatic carbocycles. The van der Waals surface area contributed by atoms with Gasteiger partial charge < -0.3 is 30.7 Å². The van der Waals surface area contributed by atoms with Crippen molar-refractivity contribution in [1.29, 1.82) is 0 Å². The summed E-state index contributed by atoms with van der Waals surface area (Å²) < 4.78 is 7.28. The molecule has 0 bridgehead atoms. The number of hydrogen-bond donors (Lipinski definition) is 4. The summed E-state index contributed by atoms with van der Waals surface area (Å²) in [6, 6.07) is 13.4. The van der Waals surface area contributed by atoms with Crippen LogP contribution in [-0.2, 0) is 16.0 Å². The molecule has 246 valence electrons. The second kappa shape index (κ2) is 14.1. The lowest BCUT2D eigenvalue weighted by Crippen LogP contribution is -2.61. The first-order valence-corrected chi connectivity index (χ1v) is 16.8. The second-order valence-electron chi connectivity index (χ2n) is 12.7. The van der Waals surface area contributed by atoms with Crippen LogP contribution in [0.4, 0.5) is 10.5 Å². The molecule has 0 radical (unpaired) electrons. The molecule has 2 fully saturated rings. The molecule has 3 aromatic heterocycles. The molecule has 1 aliphatic carbocycles. The number of nitrogens with zero attached hydrogens (tertiary/aromatic N) is 3. The number of rotatable bonds is 9. The van der Waals surface area contributed by atoms with Crippen molar-refractivity contribution in [3.05, 3.63) is 66.0 Å². The number of aliphatic hydroxyl groups is 1. The fraction of sp³-hybridized carbons (Fsp3) is 0.400. The van der Waals surface area contributed by atoms with Crippen LogP contribution in [0.2, 0.25) is 0 Å². The normalized spacial score (nSPS) is 19.6. The number of carbonyl (C=O) groups is 3. The van der Waals surface area contributed by atoms with Gasteiger partial charge in [0, 0.05) is 50.2 Å². The Kier molecular flexibility index (Phi) is 9.69. The highest BCUT2D eigenvalue weighted by Gasteiger charge is 2.30. The van der Waals surface area contributed by atoms with E-state index in [9.17, 15) is 14.4 Å². The molecule has 2 aliphatic rings. The molecule has 6 rings (SSSR count). The fourth-order valence-electron chi connectivity index (χ4n) is 6.42. The van der Waals surface area contributed by atoms with Crippen LogP contribution in [0.5, 0.6) is 11.5 Å². The molecule has 1 saturated heterocycles. The lowest BCUT2D eigenvalue weighted by molar-refractivity contribution is -0.133. The molecule has 0 spiro atoms. The van der Waals surface area contributed by atoms with Gasteiger partial charge >= 0.3 is 6.03 Å². The highest BCUT2D eigenvalue weighted by molar-refractivity contribution is 7.22.